The van der Waals surface area contributed by atoms with Crippen LogP contribution in [0, 0.1) is 0 Å². The van der Waals surface area contributed by atoms with E-state index in [1.165, 1.54) is 0 Å². The van der Waals surface area contributed by atoms with Crippen molar-refractivity contribution in [2.24, 2.45) is 0 Å². The monoisotopic (exact) mass is 338 g/mol. The molecule has 0 fully saturated rings. The second kappa shape index (κ2) is 5.43. The molecule has 1 aromatic carbocycles. The zero-order chi connectivity index (χ0) is 14.2. The van der Waals surface area contributed by atoms with Crippen LogP contribution < -0.4 is 5.32 Å². The Morgan fingerprint density at radius 3 is 2.47 bits per heavy atom. The smallest absolute Gasteiger partial charge is 0.173 e. The summed E-state index contributed by atoms with van der Waals surface area (Å²) in [4.78, 5) is 13.8. The van der Waals surface area contributed by atoms with Crippen LogP contribution in [0.15, 0.2) is 40.0 Å². The minimum Gasteiger partial charge on any atom is -0.351 e. The summed E-state index contributed by atoms with van der Waals surface area (Å²) in [6.07, 6.45) is 0. The summed E-state index contributed by atoms with van der Waals surface area (Å²) < 4.78 is 1.01. The molecule has 0 unspecified atom stereocenters. The molecule has 1 atom stereocenters. The Morgan fingerprint density at radius 2 is 1.95 bits per heavy atom. The highest BCUT2D eigenvalue weighted by molar-refractivity contribution is 9.10. The molecule has 0 spiro atoms. The number of nitrogens with one attached hydrogen (secondary N) is 1. The third-order valence-corrected chi connectivity index (χ3v) is 4.26. The summed E-state index contributed by atoms with van der Waals surface area (Å²) in [6, 6.07) is 7.74. The first-order valence-electron chi connectivity index (χ1n) is 5.93. The molecule has 19 heavy (non-hydrogen) atoms. The fraction of sp³-hybridized carbons (Fsp3) is 0.286. The van der Waals surface area contributed by atoms with E-state index in [2.05, 4.69) is 21.2 Å². The molecule has 1 aliphatic heterocycles. The van der Waals surface area contributed by atoms with Gasteiger partial charge >= 0.3 is 0 Å². The van der Waals surface area contributed by atoms with Crippen molar-refractivity contribution < 1.29 is 4.79 Å². The summed E-state index contributed by atoms with van der Waals surface area (Å²) in [7, 11) is 1.87. The number of thiocarbonyl (C=S) groups is 1. The summed E-state index contributed by atoms with van der Waals surface area (Å²) in [6.45, 7) is 3.52. The molecule has 0 aromatic heterocycles. The van der Waals surface area contributed by atoms with E-state index in [-0.39, 0.29) is 11.8 Å². The van der Waals surface area contributed by atoms with Crippen LogP contribution in [0.5, 0.6) is 0 Å². The van der Waals surface area contributed by atoms with Crippen LogP contribution in [0.2, 0.25) is 0 Å². The molecule has 5 heteroatoms. The number of hydrogen-bond donors (Lipinski definition) is 1. The van der Waals surface area contributed by atoms with Gasteiger partial charge < -0.3 is 10.2 Å². The number of carbonyl (C=O) groups is 1. The van der Waals surface area contributed by atoms with Crippen molar-refractivity contribution in [2.45, 2.75) is 19.9 Å². The van der Waals surface area contributed by atoms with Crippen LogP contribution in [0.25, 0.3) is 0 Å². The number of ketones is 1. The van der Waals surface area contributed by atoms with Gasteiger partial charge in [0.2, 0.25) is 0 Å². The quantitative estimate of drug-likeness (QED) is 0.839. The van der Waals surface area contributed by atoms with Crippen LogP contribution >= 0.6 is 28.1 Å². The fourth-order valence-electron chi connectivity index (χ4n) is 2.20. The van der Waals surface area contributed by atoms with E-state index in [1.807, 2.05) is 43.1 Å². The highest BCUT2D eigenvalue weighted by Gasteiger charge is 2.30. The molecule has 0 saturated carbocycles. The average molecular weight is 339 g/mol. The Morgan fingerprint density at radius 1 is 1.37 bits per heavy atom. The van der Waals surface area contributed by atoms with E-state index in [0.717, 1.165) is 21.3 Å². The molecule has 100 valence electrons. The molecule has 0 saturated heterocycles. The maximum absolute atomic E-state index is 11.9. The topological polar surface area (TPSA) is 32.3 Å². The number of benzene rings is 1. The number of allylic oxidation sites excluding steroid dienone is 1. The Bertz CT molecular complexity index is 565. The summed E-state index contributed by atoms with van der Waals surface area (Å²) in [5.41, 5.74) is 2.70. The Balaban J connectivity index is 2.51. The Kier molecular flexibility index (Phi) is 4.06. The first kappa shape index (κ1) is 14.2. The Hall–Kier alpha value is -1.20. The van der Waals surface area contributed by atoms with Crippen LogP contribution in [0.3, 0.4) is 0 Å². The molecule has 0 bridgehead atoms. The molecular formula is C14H15BrN2OS. The van der Waals surface area contributed by atoms with Crippen molar-refractivity contribution in [2.75, 3.05) is 7.05 Å². The lowest BCUT2D eigenvalue weighted by atomic mass is 9.93. The maximum Gasteiger partial charge on any atom is 0.173 e. The van der Waals surface area contributed by atoms with Gasteiger partial charge in [-0.1, -0.05) is 28.1 Å². The lowest BCUT2D eigenvalue weighted by Crippen LogP contribution is -2.45. The average Bonchev–Trinajstić information content (AvgIpc) is 2.36. The van der Waals surface area contributed by atoms with E-state index in [1.54, 1.807) is 6.92 Å². The van der Waals surface area contributed by atoms with Gasteiger partial charge in [-0.25, -0.2) is 0 Å². The normalized spacial score (nSPS) is 19.5. The first-order valence-corrected chi connectivity index (χ1v) is 7.13. The standard InChI is InChI=1S/C14H15BrN2OS/c1-8-12(9(2)18)13(16-14(19)17(8)3)10-4-6-11(15)7-5-10/h4-7,13H,1-3H3,(H,16,19)/t13-/m1/s1. The van der Waals surface area contributed by atoms with Gasteiger partial charge in [0.15, 0.2) is 10.9 Å². The fourth-order valence-corrected chi connectivity index (χ4v) is 2.72. The van der Waals surface area contributed by atoms with Crippen LogP contribution in [-0.4, -0.2) is 22.8 Å². The third-order valence-electron chi connectivity index (χ3n) is 3.34. The van der Waals surface area contributed by atoms with E-state index < -0.39 is 0 Å². The molecule has 1 aliphatic rings. The molecule has 2 rings (SSSR count). The molecule has 0 aliphatic carbocycles. The van der Waals surface area contributed by atoms with E-state index in [9.17, 15) is 4.79 Å². The maximum atomic E-state index is 11.9. The minimum atomic E-state index is -0.172. The zero-order valence-corrected chi connectivity index (χ0v) is 13.4. The van der Waals surface area contributed by atoms with Crippen LogP contribution in [0.4, 0.5) is 0 Å². The lowest BCUT2D eigenvalue weighted by Gasteiger charge is -2.35. The van der Waals surface area contributed by atoms with Gasteiger partial charge in [-0.15, -0.1) is 0 Å². The van der Waals surface area contributed by atoms with Crippen molar-refractivity contribution in [3.05, 3.63) is 45.6 Å². The van der Waals surface area contributed by atoms with Crippen LogP contribution in [0.1, 0.15) is 25.5 Å². The van der Waals surface area contributed by atoms with E-state index >= 15 is 0 Å². The highest BCUT2D eigenvalue weighted by atomic mass is 79.9. The van der Waals surface area contributed by atoms with Crippen LogP contribution in [-0.2, 0) is 4.79 Å². The van der Waals surface area contributed by atoms with Gasteiger partial charge in [0.1, 0.15) is 0 Å². The van der Waals surface area contributed by atoms with E-state index in [4.69, 9.17) is 12.2 Å². The number of nitrogens with zero attached hydrogens (tertiary/aromatic N) is 1. The van der Waals surface area contributed by atoms with Gasteiger partial charge in [-0.3, -0.25) is 4.79 Å². The number of rotatable bonds is 2. The predicted molar refractivity (Wildman–Crippen MR) is 83.8 cm³/mol. The highest BCUT2D eigenvalue weighted by Crippen LogP contribution is 2.30. The number of hydrogen-bond acceptors (Lipinski definition) is 2. The molecule has 0 amide bonds. The predicted octanol–water partition coefficient (Wildman–Crippen LogP) is 3.17. The minimum absolute atomic E-state index is 0.0623. The van der Waals surface area contributed by atoms with Gasteiger partial charge in [-0.2, -0.15) is 0 Å². The molecular weight excluding hydrogens is 324 g/mol. The van der Waals surface area contributed by atoms with Crippen molar-refractivity contribution >= 4 is 39.0 Å². The molecule has 1 aromatic rings. The second-order valence-electron chi connectivity index (χ2n) is 4.55. The largest absolute Gasteiger partial charge is 0.351 e. The number of halogens is 1. The first-order chi connectivity index (χ1) is 8.91. The van der Waals surface area contributed by atoms with Gasteiger partial charge in [0.05, 0.1) is 6.04 Å². The van der Waals surface area contributed by atoms with E-state index in [0.29, 0.717) is 5.11 Å². The zero-order valence-electron chi connectivity index (χ0n) is 11.0. The Labute approximate surface area is 126 Å². The van der Waals surface area contributed by atoms with Crippen molar-refractivity contribution in [3.8, 4) is 0 Å². The summed E-state index contributed by atoms with van der Waals surface area (Å²) >= 11 is 8.72. The molecule has 1 N–H and O–H groups in total. The summed E-state index contributed by atoms with van der Waals surface area (Å²) in [5, 5.41) is 3.86. The number of Topliss-reactive ketones (excluding diaryl/α,β-unsaturated/α-hetero) is 1. The molecule has 0 radical (unpaired) electrons. The van der Waals surface area contributed by atoms with Gasteiger partial charge in [0.25, 0.3) is 0 Å². The number of carbonyl (C=O) groups excluding carboxylic acids is 1. The molecule has 3 nitrogen and oxygen atoms in total. The summed E-state index contributed by atoms with van der Waals surface area (Å²) in [5.74, 6) is 0.0623. The van der Waals surface area contributed by atoms with Gasteiger partial charge in [0, 0.05) is 22.8 Å². The van der Waals surface area contributed by atoms with Crippen molar-refractivity contribution in [1.82, 2.24) is 10.2 Å². The van der Waals surface area contributed by atoms with Crippen molar-refractivity contribution in [1.29, 1.82) is 0 Å². The second-order valence-corrected chi connectivity index (χ2v) is 5.85. The lowest BCUT2D eigenvalue weighted by molar-refractivity contribution is -0.114. The molecule has 1 heterocycles. The van der Waals surface area contributed by atoms with Crippen molar-refractivity contribution in [3.63, 3.8) is 0 Å². The van der Waals surface area contributed by atoms with Gasteiger partial charge in [-0.05, 0) is 43.8 Å². The SMILES string of the molecule is CC(=O)C1=C(C)N(C)C(=S)N[C@@H]1c1ccc(Br)cc1. The third kappa shape index (κ3) is 2.72.